The summed E-state index contributed by atoms with van der Waals surface area (Å²) < 4.78 is 58.0. The van der Waals surface area contributed by atoms with Gasteiger partial charge >= 0.3 is 0 Å². The first-order valence-corrected chi connectivity index (χ1v) is 12.8. The average molecular weight is 476 g/mol. The highest BCUT2D eigenvalue weighted by Crippen LogP contribution is 2.40. The monoisotopic (exact) mass is 475 g/mol. The van der Waals surface area contributed by atoms with Gasteiger partial charge in [0.15, 0.2) is 22.4 Å². The molecule has 3 fully saturated rings. The molecule has 3 aliphatic heterocycles. The van der Waals surface area contributed by atoms with E-state index >= 15 is 0 Å². The van der Waals surface area contributed by atoms with Crippen LogP contribution in [0.15, 0.2) is 65.6 Å². The van der Waals surface area contributed by atoms with Crippen molar-refractivity contribution in [1.29, 1.82) is 0 Å². The predicted molar refractivity (Wildman–Crippen MR) is 119 cm³/mol. The Morgan fingerprint density at radius 3 is 2.27 bits per heavy atom. The third kappa shape index (κ3) is 4.46. The van der Waals surface area contributed by atoms with Crippen LogP contribution in [0.1, 0.15) is 11.9 Å². The predicted octanol–water partition coefficient (Wildman–Crippen LogP) is 2.02. The molecule has 3 saturated heterocycles. The van der Waals surface area contributed by atoms with Crippen LogP contribution >= 0.6 is 0 Å². The van der Waals surface area contributed by atoms with E-state index in [9.17, 15) is 8.42 Å². The molecular weight excluding hydrogens is 446 g/mol. The van der Waals surface area contributed by atoms with E-state index in [2.05, 4.69) is 4.90 Å². The Bertz CT molecular complexity index is 1010. The van der Waals surface area contributed by atoms with Gasteiger partial charge in [-0.3, -0.25) is 4.90 Å². The largest absolute Gasteiger partial charge is 0.379 e. The third-order valence-corrected chi connectivity index (χ3v) is 8.70. The van der Waals surface area contributed by atoms with Crippen LogP contribution in [0.25, 0.3) is 0 Å². The van der Waals surface area contributed by atoms with Gasteiger partial charge in [0, 0.05) is 25.8 Å². The van der Waals surface area contributed by atoms with Crippen LogP contribution in [0.2, 0.25) is 0 Å². The van der Waals surface area contributed by atoms with Gasteiger partial charge in [-0.2, -0.15) is 0 Å². The van der Waals surface area contributed by atoms with E-state index in [1.807, 2.05) is 30.3 Å². The van der Waals surface area contributed by atoms with E-state index in [-0.39, 0.29) is 11.5 Å². The maximum atomic E-state index is 14.1. The molecule has 0 amide bonds. The molecular formula is C24H29NO7S. The lowest BCUT2D eigenvalue weighted by Gasteiger charge is -2.52. The Hall–Kier alpha value is -1.85. The molecule has 2 aromatic rings. The van der Waals surface area contributed by atoms with E-state index in [1.54, 1.807) is 37.4 Å². The molecule has 9 heteroatoms. The van der Waals surface area contributed by atoms with Crippen LogP contribution in [-0.4, -0.2) is 83.1 Å². The molecule has 178 valence electrons. The van der Waals surface area contributed by atoms with E-state index < -0.39 is 45.9 Å². The van der Waals surface area contributed by atoms with E-state index in [0.29, 0.717) is 26.3 Å². The Morgan fingerprint density at radius 2 is 1.61 bits per heavy atom. The highest BCUT2D eigenvalue weighted by atomic mass is 32.2. The zero-order valence-corrected chi connectivity index (χ0v) is 19.3. The number of ether oxygens (including phenoxy) is 5. The summed E-state index contributed by atoms with van der Waals surface area (Å²) >= 11 is 0. The van der Waals surface area contributed by atoms with Crippen molar-refractivity contribution >= 4 is 9.84 Å². The number of fused-ring (bicyclic) bond motifs is 1. The van der Waals surface area contributed by atoms with Crippen molar-refractivity contribution in [3.63, 3.8) is 0 Å². The van der Waals surface area contributed by atoms with Crippen molar-refractivity contribution in [3.05, 3.63) is 66.2 Å². The molecule has 0 saturated carbocycles. The molecule has 33 heavy (non-hydrogen) atoms. The number of methoxy groups -OCH3 is 1. The minimum atomic E-state index is -3.80. The lowest BCUT2D eigenvalue weighted by Crippen LogP contribution is -2.69. The van der Waals surface area contributed by atoms with E-state index in [4.69, 9.17) is 23.7 Å². The van der Waals surface area contributed by atoms with Crippen molar-refractivity contribution in [2.45, 2.75) is 41.0 Å². The number of hydrogen-bond donors (Lipinski definition) is 0. The zero-order valence-electron chi connectivity index (χ0n) is 18.5. The number of benzene rings is 2. The van der Waals surface area contributed by atoms with E-state index in [1.165, 1.54) is 0 Å². The molecule has 0 spiro atoms. The van der Waals surface area contributed by atoms with Gasteiger partial charge in [-0.05, 0) is 12.1 Å². The SMILES string of the molecule is CO[C@H]1O[C@@H]2COC(c3ccccc3)O[C@H]2[C@H](S(=O)(=O)c2ccccc2)[C@H]1N1CCOCC1. The van der Waals surface area contributed by atoms with Gasteiger partial charge in [0.05, 0.1) is 30.8 Å². The van der Waals surface area contributed by atoms with Gasteiger partial charge in [0.25, 0.3) is 0 Å². The van der Waals surface area contributed by atoms with Gasteiger partial charge < -0.3 is 23.7 Å². The Balaban J connectivity index is 1.56. The fourth-order valence-corrected chi connectivity index (χ4v) is 7.03. The van der Waals surface area contributed by atoms with Crippen LogP contribution in [0.3, 0.4) is 0 Å². The molecule has 1 unspecified atom stereocenters. The normalized spacial score (nSPS) is 33.4. The second-order valence-electron chi connectivity index (χ2n) is 8.42. The lowest BCUT2D eigenvalue weighted by atomic mass is 9.96. The first kappa shape index (κ1) is 22.9. The molecule has 0 radical (unpaired) electrons. The number of hydrogen-bond acceptors (Lipinski definition) is 8. The highest BCUT2D eigenvalue weighted by molar-refractivity contribution is 7.92. The first-order valence-electron chi connectivity index (χ1n) is 11.2. The quantitative estimate of drug-likeness (QED) is 0.650. The summed E-state index contributed by atoms with van der Waals surface area (Å²) in [5.74, 6) is 0. The summed E-state index contributed by atoms with van der Waals surface area (Å²) in [4.78, 5) is 2.35. The number of rotatable bonds is 5. The van der Waals surface area contributed by atoms with Crippen molar-refractivity contribution in [1.82, 2.24) is 4.90 Å². The van der Waals surface area contributed by atoms with Crippen LogP contribution in [0.5, 0.6) is 0 Å². The zero-order chi connectivity index (χ0) is 22.8. The molecule has 0 aromatic heterocycles. The van der Waals surface area contributed by atoms with Crippen molar-refractivity contribution in [3.8, 4) is 0 Å². The molecule has 8 nitrogen and oxygen atoms in total. The number of sulfone groups is 1. The number of nitrogens with zero attached hydrogens (tertiary/aromatic N) is 1. The second-order valence-corrected chi connectivity index (χ2v) is 10.5. The topological polar surface area (TPSA) is 83.5 Å². The summed E-state index contributed by atoms with van der Waals surface area (Å²) in [7, 11) is -2.26. The average Bonchev–Trinajstić information content (AvgIpc) is 2.88. The Kier molecular flexibility index (Phi) is 6.80. The molecule has 0 aliphatic carbocycles. The van der Waals surface area contributed by atoms with Crippen LogP contribution in [-0.2, 0) is 33.5 Å². The Labute approximate surface area is 194 Å². The smallest absolute Gasteiger partial charge is 0.185 e. The summed E-state index contributed by atoms with van der Waals surface area (Å²) in [5, 5.41) is -0.906. The van der Waals surface area contributed by atoms with Gasteiger partial charge in [-0.1, -0.05) is 48.5 Å². The fourth-order valence-electron chi connectivity index (χ4n) is 4.92. The molecule has 0 bridgehead atoms. The van der Waals surface area contributed by atoms with Crippen LogP contribution < -0.4 is 0 Å². The molecule has 3 heterocycles. The van der Waals surface area contributed by atoms with Gasteiger partial charge in [-0.25, -0.2) is 8.42 Å². The Morgan fingerprint density at radius 1 is 0.939 bits per heavy atom. The fraction of sp³-hybridized carbons (Fsp3) is 0.500. The van der Waals surface area contributed by atoms with Gasteiger partial charge in [0.2, 0.25) is 0 Å². The molecule has 6 atom stereocenters. The summed E-state index contributed by atoms with van der Waals surface area (Å²) in [6.45, 7) is 2.43. The molecule has 5 rings (SSSR count). The minimum Gasteiger partial charge on any atom is -0.379 e. The summed E-state index contributed by atoms with van der Waals surface area (Å²) in [6, 6.07) is 17.5. The van der Waals surface area contributed by atoms with Gasteiger partial charge in [0.1, 0.15) is 17.5 Å². The maximum absolute atomic E-state index is 14.1. The van der Waals surface area contributed by atoms with Crippen LogP contribution in [0.4, 0.5) is 0 Å². The lowest BCUT2D eigenvalue weighted by molar-refractivity contribution is -0.325. The third-order valence-electron chi connectivity index (χ3n) is 6.51. The molecule has 3 aliphatic rings. The standard InChI is InChI=1S/C24H29NO7S/c1-28-24-20(25-12-14-29-15-13-25)22(33(26,27)18-10-6-3-7-11-18)21-19(31-24)16-30-23(32-21)17-8-4-2-5-9-17/h2-11,19-24H,12-16H2,1H3/t19-,20-,21-,22-,23?,24+/m1/s1. The second kappa shape index (κ2) is 9.79. The highest BCUT2D eigenvalue weighted by Gasteiger charge is 2.57. The molecule has 2 aromatic carbocycles. The van der Waals surface area contributed by atoms with Crippen molar-refractivity contribution < 1.29 is 32.1 Å². The van der Waals surface area contributed by atoms with Gasteiger partial charge in [-0.15, -0.1) is 0 Å². The molecule has 0 N–H and O–H groups in total. The van der Waals surface area contributed by atoms with Crippen molar-refractivity contribution in [2.24, 2.45) is 0 Å². The minimum absolute atomic E-state index is 0.209. The van der Waals surface area contributed by atoms with Crippen LogP contribution in [0, 0.1) is 0 Å². The van der Waals surface area contributed by atoms with E-state index in [0.717, 1.165) is 5.56 Å². The maximum Gasteiger partial charge on any atom is 0.185 e. The first-order chi connectivity index (χ1) is 16.1. The number of morpholine rings is 1. The van der Waals surface area contributed by atoms with Crippen molar-refractivity contribution in [2.75, 3.05) is 40.0 Å². The summed E-state index contributed by atoms with van der Waals surface area (Å²) in [6.07, 6.45) is -2.72. The summed E-state index contributed by atoms with van der Waals surface area (Å²) in [5.41, 5.74) is 0.837.